The molecule has 6 heterocycles. The number of aliphatic hydroxyl groups is 1. The first kappa shape index (κ1) is 46.6. The highest BCUT2D eigenvalue weighted by Gasteiger charge is 2.46. The molecule has 1 aromatic heterocycles. The van der Waals surface area contributed by atoms with Crippen molar-refractivity contribution >= 4 is 62.5 Å². The first-order chi connectivity index (χ1) is 33.6. The largest absolute Gasteiger partial charge is 0.508 e. The summed E-state index contributed by atoms with van der Waals surface area (Å²) in [6.07, 6.45) is 5.84. The Morgan fingerprint density at radius 1 is 0.857 bits per heavy atom. The predicted molar refractivity (Wildman–Crippen MR) is 259 cm³/mol. The van der Waals surface area contributed by atoms with Gasteiger partial charge >= 0.3 is 6.01 Å². The maximum absolute atomic E-state index is 17.1. The lowest BCUT2D eigenvalue weighted by Gasteiger charge is -2.40. The smallest absolute Gasteiger partial charge is 0.319 e. The molecule has 368 valence electrons. The van der Waals surface area contributed by atoms with E-state index in [4.69, 9.17) is 21.3 Å². The van der Waals surface area contributed by atoms with Crippen LogP contribution in [0.25, 0.3) is 32.8 Å². The molecule has 5 aliphatic heterocycles. The number of hydrogen-bond acceptors (Lipinski definition) is 12. The molecule has 5 fully saturated rings. The zero-order chi connectivity index (χ0) is 48.6. The number of phenols is 1. The third-order valence-electron chi connectivity index (χ3n) is 15.6. The number of benzene rings is 4. The van der Waals surface area contributed by atoms with Crippen molar-refractivity contribution in [2.75, 3.05) is 81.9 Å². The number of rotatable bonds is 11. The van der Waals surface area contributed by atoms with Crippen molar-refractivity contribution in [3.05, 3.63) is 82.1 Å². The first-order valence-electron chi connectivity index (χ1n) is 24.5. The minimum absolute atomic E-state index is 0.0458. The van der Waals surface area contributed by atoms with Gasteiger partial charge in [-0.15, -0.1) is 0 Å². The number of halogens is 4. The third-order valence-corrected chi connectivity index (χ3v) is 15.9. The molecule has 3 amide bonds. The Balaban J connectivity index is 0.727. The second-order valence-electron chi connectivity index (χ2n) is 20.8. The van der Waals surface area contributed by atoms with Crippen LogP contribution in [0.4, 0.5) is 24.7 Å². The van der Waals surface area contributed by atoms with E-state index in [1.807, 2.05) is 17.0 Å². The molecule has 0 unspecified atom stereocenters. The monoisotopic (exact) mass is 980 g/mol. The molecule has 18 heteroatoms. The number of anilines is 2. The van der Waals surface area contributed by atoms with Crippen LogP contribution < -0.4 is 19.9 Å². The van der Waals surface area contributed by atoms with Crippen LogP contribution in [0.3, 0.4) is 0 Å². The number of imide groups is 1. The number of piperidine rings is 3. The molecule has 0 spiro atoms. The summed E-state index contributed by atoms with van der Waals surface area (Å²) >= 11 is 6.40. The molecule has 11 rings (SSSR count). The lowest BCUT2D eigenvalue weighted by Crippen LogP contribution is -2.52. The minimum Gasteiger partial charge on any atom is -0.508 e. The number of aromatic hydroxyl groups is 1. The summed E-state index contributed by atoms with van der Waals surface area (Å²) in [6, 6.07) is 11.4. The Kier molecular flexibility index (Phi) is 12.1. The van der Waals surface area contributed by atoms with Gasteiger partial charge in [0.15, 0.2) is 5.82 Å². The van der Waals surface area contributed by atoms with Crippen molar-refractivity contribution in [2.45, 2.75) is 76.5 Å². The molecule has 5 aromatic rings. The number of fused-ring (bicyclic) bond motifs is 3. The number of nitrogens with one attached hydrogen (secondary N) is 1. The fourth-order valence-corrected chi connectivity index (χ4v) is 11.8. The van der Waals surface area contributed by atoms with Crippen LogP contribution in [0.1, 0.15) is 74.2 Å². The number of carbonyl (C=O) groups is 3. The van der Waals surface area contributed by atoms with Crippen molar-refractivity contribution in [3.63, 3.8) is 0 Å². The number of piperazine rings is 1. The van der Waals surface area contributed by atoms with Crippen molar-refractivity contribution < 1.29 is 42.5 Å². The van der Waals surface area contributed by atoms with Crippen LogP contribution in [0.2, 0.25) is 5.02 Å². The van der Waals surface area contributed by atoms with Gasteiger partial charge in [0.25, 0.3) is 5.91 Å². The minimum atomic E-state index is -1.06. The van der Waals surface area contributed by atoms with Gasteiger partial charge in [-0.2, -0.15) is 9.97 Å². The number of aromatic nitrogens is 2. The van der Waals surface area contributed by atoms with Crippen molar-refractivity contribution in [1.82, 2.24) is 30.0 Å². The molecular weight excluding hydrogens is 925 g/mol. The summed E-state index contributed by atoms with van der Waals surface area (Å²) in [5, 5.41) is 24.1. The van der Waals surface area contributed by atoms with E-state index in [2.05, 4.69) is 31.1 Å². The van der Waals surface area contributed by atoms with Gasteiger partial charge in [-0.3, -0.25) is 24.6 Å². The van der Waals surface area contributed by atoms with Gasteiger partial charge in [-0.1, -0.05) is 17.7 Å². The summed E-state index contributed by atoms with van der Waals surface area (Å²) in [6.45, 7) is 10.5. The molecule has 6 aliphatic rings. The van der Waals surface area contributed by atoms with Gasteiger partial charge in [0, 0.05) is 98.3 Å². The van der Waals surface area contributed by atoms with E-state index in [9.17, 15) is 29.0 Å². The first-order valence-corrected chi connectivity index (χ1v) is 24.9. The Morgan fingerprint density at radius 2 is 1.64 bits per heavy atom. The van der Waals surface area contributed by atoms with Gasteiger partial charge in [-0.25, -0.2) is 13.2 Å². The summed E-state index contributed by atoms with van der Waals surface area (Å²) in [7, 11) is 0. The topological polar surface area (TPSA) is 155 Å². The molecule has 4 aromatic carbocycles. The SMILES string of the molecule is C[C@]1(O)CCCN(c2nc(OCC3(CN4CCC(CN5CCN(c6ccc7c(c6)CN([C@H]6CCC(=O)NC6=O)C7=O)CC5)CC4)CC3)nc3c(F)c(-c4cc(O)cc5ccc(F)c(Cl)c45)c(F)cc23)C1. The molecule has 14 nitrogen and oxygen atoms in total. The number of likely N-dealkylation sites (tertiary alicyclic amines) is 1. The maximum atomic E-state index is 17.1. The molecule has 1 saturated carbocycles. The normalized spacial score (nSPS) is 23.4. The van der Waals surface area contributed by atoms with E-state index >= 15 is 8.78 Å². The van der Waals surface area contributed by atoms with Crippen molar-refractivity contribution in [3.8, 4) is 22.9 Å². The number of phenolic OH excluding ortho intramolecular Hbond substituents is 1. The zero-order valence-electron chi connectivity index (χ0n) is 39.1. The summed E-state index contributed by atoms with van der Waals surface area (Å²) < 4.78 is 54.6. The molecule has 70 heavy (non-hydrogen) atoms. The fourth-order valence-electron chi connectivity index (χ4n) is 11.5. The highest BCUT2D eigenvalue weighted by molar-refractivity contribution is 6.37. The molecule has 0 bridgehead atoms. The number of nitrogens with zero attached hydrogens (tertiary/aromatic N) is 7. The van der Waals surface area contributed by atoms with Crippen molar-refractivity contribution in [2.24, 2.45) is 11.3 Å². The highest BCUT2D eigenvalue weighted by Crippen LogP contribution is 2.48. The van der Waals surface area contributed by atoms with Crippen molar-refractivity contribution in [1.29, 1.82) is 0 Å². The van der Waals surface area contributed by atoms with Gasteiger partial charge in [0.1, 0.15) is 34.8 Å². The van der Waals surface area contributed by atoms with E-state index in [1.54, 1.807) is 11.8 Å². The quantitative estimate of drug-likeness (QED) is 0.117. The fraction of sp³-hybridized carbons (Fsp3) is 0.481. The van der Waals surface area contributed by atoms with Crippen LogP contribution >= 0.6 is 11.6 Å². The van der Waals surface area contributed by atoms with Gasteiger partial charge in [-0.05, 0) is 124 Å². The van der Waals surface area contributed by atoms with Gasteiger partial charge in [0.05, 0.1) is 22.8 Å². The van der Waals surface area contributed by atoms with E-state index in [-0.39, 0.29) is 74.6 Å². The van der Waals surface area contributed by atoms with Crippen LogP contribution in [-0.2, 0) is 16.1 Å². The Bertz CT molecular complexity index is 2940. The summed E-state index contributed by atoms with van der Waals surface area (Å²) in [4.78, 5) is 57.6. The number of hydrogen-bond donors (Lipinski definition) is 3. The van der Waals surface area contributed by atoms with E-state index in [1.165, 1.54) is 12.1 Å². The number of β-amino-alcohol motifs (C(OH)–C–C–N with tert-alkyl or cyclic N) is 1. The second-order valence-corrected chi connectivity index (χ2v) is 21.2. The van der Waals surface area contributed by atoms with Crippen LogP contribution in [0.5, 0.6) is 11.8 Å². The van der Waals surface area contributed by atoms with E-state index in [0.717, 1.165) is 107 Å². The second kappa shape index (κ2) is 18.1. The molecule has 4 saturated heterocycles. The molecule has 2 atom stereocenters. The summed E-state index contributed by atoms with van der Waals surface area (Å²) in [5.41, 5.74) is 0.564. The van der Waals surface area contributed by atoms with Crippen LogP contribution in [0, 0.1) is 28.8 Å². The highest BCUT2D eigenvalue weighted by atomic mass is 35.5. The van der Waals surface area contributed by atoms with Crippen LogP contribution in [0.15, 0.2) is 48.5 Å². The lowest BCUT2D eigenvalue weighted by molar-refractivity contribution is -0.136. The Morgan fingerprint density at radius 3 is 2.39 bits per heavy atom. The standard InChI is InChI=1S/C52H56ClF3N8O6/c1-51(69)11-2-14-63(27-51)47-37-24-39(55)43(36-23-34(65)22-31-3-6-38(54)44(53)42(31)36)45(56)46(37)58-50(59-47)70-29-52(12-13-52)28-61-15-9-30(10-16-61)25-60-17-19-62(20-18-60)33-4-5-35-32(21-33)26-64(49(35)68)40-7-8-41(66)57-48(40)67/h3-6,21-24,30,40,65,69H,2,7-20,25-29H2,1H3,(H,57,66,67)/t40-,51-/m0/s1. The molecule has 0 radical (unpaired) electrons. The van der Waals surface area contributed by atoms with E-state index < -0.39 is 40.6 Å². The molecular formula is C52H56ClF3N8O6. The Hall–Kier alpha value is -5.75. The van der Waals surface area contributed by atoms with Crippen LogP contribution in [-0.4, -0.2) is 136 Å². The number of ether oxygens (including phenoxy) is 1. The summed E-state index contributed by atoms with van der Waals surface area (Å²) in [5.74, 6) is -3.11. The maximum Gasteiger partial charge on any atom is 0.319 e. The molecule has 1 aliphatic carbocycles. The van der Waals surface area contributed by atoms with Gasteiger partial charge in [0.2, 0.25) is 11.8 Å². The van der Waals surface area contributed by atoms with E-state index in [0.29, 0.717) is 55.8 Å². The average molecular weight is 982 g/mol. The molecule has 3 N–H and O–H groups in total. The Labute approximate surface area is 408 Å². The average Bonchev–Trinajstić information content (AvgIpc) is 4.02. The third kappa shape index (κ3) is 8.98. The van der Waals surface area contributed by atoms with Gasteiger partial charge < -0.3 is 34.5 Å². The lowest BCUT2D eigenvalue weighted by atomic mass is 9.94. The zero-order valence-corrected chi connectivity index (χ0v) is 39.8. The predicted octanol–water partition coefficient (Wildman–Crippen LogP) is 7.03. The number of amides is 3. The number of carbonyl (C=O) groups excluding carboxylic acids is 3.